The summed E-state index contributed by atoms with van der Waals surface area (Å²) < 4.78 is 5.60. The summed E-state index contributed by atoms with van der Waals surface area (Å²) in [5.74, 6) is 1.10. The van der Waals surface area contributed by atoms with Crippen molar-refractivity contribution in [3.63, 3.8) is 0 Å². The van der Waals surface area contributed by atoms with Crippen LogP contribution in [0.3, 0.4) is 0 Å². The molecule has 88 valence electrons. The van der Waals surface area contributed by atoms with Crippen molar-refractivity contribution < 1.29 is 4.74 Å². The fourth-order valence-corrected chi connectivity index (χ4v) is 2.96. The highest BCUT2D eigenvalue weighted by Crippen LogP contribution is 2.28. The zero-order valence-corrected chi connectivity index (χ0v) is 10.6. The lowest BCUT2D eigenvalue weighted by molar-refractivity contribution is 0.109. The summed E-state index contributed by atoms with van der Waals surface area (Å²) in [5.41, 5.74) is 8.09. The SMILES string of the molecule is Cc1ccc(SCCC2CCCO2)c(N)c1. The van der Waals surface area contributed by atoms with Gasteiger partial charge in [-0.1, -0.05) is 6.07 Å². The van der Waals surface area contributed by atoms with E-state index in [0.717, 1.165) is 24.5 Å². The van der Waals surface area contributed by atoms with Crippen LogP contribution in [0.4, 0.5) is 5.69 Å². The van der Waals surface area contributed by atoms with Crippen LogP contribution in [0.25, 0.3) is 0 Å². The van der Waals surface area contributed by atoms with E-state index in [1.54, 1.807) is 0 Å². The first-order valence-electron chi connectivity index (χ1n) is 5.86. The van der Waals surface area contributed by atoms with E-state index in [1.165, 1.54) is 23.3 Å². The van der Waals surface area contributed by atoms with E-state index < -0.39 is 0 Å². The van der Waals surface area contributed by atoms with Gasteiger partial charge in [0.1, 0.15) is 0 Å². The molecule has 16 heavy (non-hydrogen) atoms. The number of anilines is 1. The second-order valence-electron chi connectivity index (χ2n) is 4.31. The highest BCUT2D eigenvalue weighted by molar-refractivity contribution is 7.99. The summed E-state index contributed by atoms with van der Waals surface area (Å²) in [6, 6.07) is 6.27. The maximum Gasteiger partial charge on any atom is 0.0584 e. The Morgan fingerprint density at radius 2 is 2.38 bits per heavy atom. The molecular weight excluding hydrogens is 218 g/mol. The molecule has 2 nitrogen and oxygen atoms in total. The monoisotopic (exact) mass is 237 g/mol. The van der Waals surface area contributed by atoms with Crippen LogP contribution in [0.5, 0.6) is 0 Å². The number of aryl methyl sites for hydroxylation is 1. The summed E-state index contributed by atoms with van der Waals surface area (Å²) in [5, 5.41) is 0. The smallest absolute Gasteiger partial charge is 0.0584 e. The molecule has 1 atom stereocenters. The molecule has 0 radical (unpaired) electrons. The Balaban J connectivity index is 1.80. The van der Waals surface area contributed by atoms with Gasteiger partial charge in [-0.2, -0.15) is 0 Å². The summed E-state index contributed by atoms with van der Waals surface area (Å²) in [4.78, 5) is 1.20. The second kappa shape index (κ2) is 5.60. The zero-order chi connectivity index (χ0) is 11.4. The van der Waals surface area contributed by atoms with E-state index in [1.807, 2.05) is 17.8 Å². The van der Waals surface area contributed by atoms with E-state index in [-0.39, 0.29) is 0 Å². The molecule has 2 N–H and O–H groups in total. The van der Waals surface area contributed by atoms with E-state index in [9.17, 15) is 0 Å². The average molecular weight is 237 g/mol. The van der Waals surface area contributed by atoms with Gasteiger partial charge in [0, 0.05) is 22.9 Å². The first kappa shape index (κ1) is 11.8. The fraction of sp³-hybridized carbons (Fsp3) is 0.538. The molecule has 1 aromatic rings. The molecule has 1 heterocycles. The number of nitrogens with two attached hydrogens (primary N) is 1. The topological polar surface area (TPSA) is 35.2 Å². The predicted octanol–water partition coefficient (Wildman–Crippen LogP) is 3.24. The summed E-state index contributed by atoms with van der Waals surface area (Å²) in [6.45, 7) is 3.01. The number of ether oxygens (including phenoxy) is 1. The maximum absolute atomic E-state index is 5.96. The summed E-state index contributed by atoms with van der Waals surface area (Å²) in [7, 11) is 0. The van der Waals surface area contributed by atoms with Gasteiger partial charge in [-0.05, 0) is 43.9 Å². The van der Waals surface area contributed by atoms with Gasteiger partial charge < -0.3 is 10.5 Å². The Kier molecular flexibility index (Phi) is 4.13. The van der Waals surface area contributed by atoms with Gasteiger partial charge in [0.2, 0.25) is 0 Å². The summed E-state index contributed by atoms with van der Waals surface area (Å²) >= 11 is 1.84. The molecule has 1 aromatic carbocycles. The molecule has 0 aliphatic carbocycles. The molecule has 1 aliphatic heterocycles. The predicted molar refractivity (Wildman–Crippen MR) is 69.9 cm³/mol. The molecule has 3 heteroatoms. The van der Waals surface area contributed by atoms with Crippen LogP contribution in [-0.2, 0) is 4.74 Å². The molecule has 1 saturated heterocycles. The van der Waals surface area contributed by atoms with Crippen molar-refractivity contribution >= 4 is 17.4 Å². The summed E-state index contributed by atoms with van der Waals surface area (Å²) in [6.07, 6.45) is 4.07. The van der Waals surface area contributed by atoms with E-state index in [2.05, 4.69) is 19.1 Å². The molecule has 1 unspecified atom stereocenters. The Hall–Kier alpha value is -0.670. The minimum Gasteiger partial charge on any atom is -0.398 e. The van der Waals surface area contributed by atoms with Crippen molar-refractivity contribution in [1.82, 2.24) is 0 Å². The first-order chi connectivity index (χ1) is 7.75. The van der Waals surface area contributed by atoms with Gasteiger partial charge in [-0.25, -0.2) is 0 Å². The van der Waals surface area contributed by atoms with Gasteiger partial charge in [0.05, 0.1) is 6.10 Å². The normalized spacial score (nSPS) is 20.2. The highest BCUT2D eigenvalue weighted by atomic mass is 32.2. The second-order valence-corrected chi connectivity index (χ2v) is 5.45. The molecule has 0 bridgehead atoms. The maximum atomic E-state index is 5.96. The molecule has 1 fully saturated rings. The Morgan fingerprint density at radius 1 is 1.50 bits per heavy atom. The van der Waals surface area contributed by atoms with Crippen molar-refractivity contribution in [3.8, 4) is 0 Å². The van der Waals surface area contributed by atoms with Crippen LogP contribution >= 0.6 is 11.8 Å². The molecule has 0 saturated carbocycles. The number of rotatable bonds is 4. The van der Waals surface area contributed by atoms with Crippen LogP contribution in [0.15, 0.2) is 23.1 Å². The highest BCUT2D eigenvalue weighted by Gasteiger charge is 2.14. The van der Waals surface area contributed by atoms with Crippen molar-refractivity contribution in [2.24, 2.45) is 0 Å². The van der Waals surface area contributed by atoms with Gasteiger partial charge in [0.15, 0.2) is 0 Å². The minimum absolute atomic E-state index is 0.485. The zero-order valence-electron chi connectivity index (χ0n) is 9.74. The van der Waals surface area contributed by atoms with Crippen LogP contribution in [0, 0.1) is 6.92 Å². The van der Waals surface area contributed by atoms with Crippen molar-refractivity contribution in [2.45, 2.75) is 37.2 Å². The number of benzene rings is 1. The molecule has 0 spiro atoms. The molecule has 1 aliphatic rings. The number of hydrogen-bond acceptors (Lipinski definition) is 3. The lowest BCUT2D eigenvalue weighted by Crippen LogP contribution is -2.05. The minimum atomic E-state index is 0.485. The van der Waals surface area contributed by atoms with Crippen LogP contribution in [0.2, 0.25) is 0 Å². The van der Waals surface area contributed by atoms with E-state index in [0.29, 0.717) is 6.10 Å². The van der Waals surface area contributed by atoms with E-state index in [4.69, 9.17) is 10.5 Å². The molecule has 0 amide bonds. The third-order valence-electron chi connectivity index (χ3n) is 2.89. The molecule has 2 rings (SSSR count). The average Bonchev–Trinajstić information content (AvgIpc) is 2.74. The Morgan fingerprint density at radius 3 is 3.06 bits per heavy atom. The van der Waals surface area contributed by atoms with Crippen LogP contribution in [-0.4, -0.2) is 18.5 Å². The van der Waals surface area contributed by atoms with Gasteiger partial charge >= 0.3 is 0 Å². The largest absolute Gasteiger partial charge is 0.398 e. The molecule has 0 aromatic heterocycles. The van der Waals surface area contributed by atoms with Crippen molar-refractivity contribution in [1.29, 1.82) is 0 Å². The lowest BCUT2D eigenvalue weighted by Gasteiger charge is -2.10. The quantitative estimate of drug-likeness (QED) is 0.645. The van der Waals surface area contributed by atoms with Crippen molar-refractivity contribution in [3.05, 3.63) is 23.8 Å². The Bertz CT molecular complexity index is 348. The lowest BCUT2D eigenvalue weighted by atomic mass is 10.2. The van der Waals surface area contributed by atoms with Gasteiger partial charge in [-0.3, -0.25) is 0 Å². The Labute approximate surface area is 102 Å². The number of nitrogen functional groups attached to an aromatic ring is 1. The van der Waals surface area contributed by atoms with Crippen LogP contribution < -0.4 is 5.73 Å². The van der Waals surface area contributed by atoms with Gasteiger partial charge in [0.25, 0.3) is 0 Å². The fourth-order valence-electron chi connectivity index (χ4n) is 1.97. The van der Waals surface area contributed by atoms with E-state index >= 15 is 0 Å². The third kappa shape index (κ3) is 3.16. The third-order valence-corrected chi connectivity index (χ3v) is 4.01. The standard InChI is InChI=1S/C13H19NOS/c1-10-4-5-13(12(14)9-10)16-8-6-11-3-2-7-15-11/h4-5,9,11H,2-3,6-8,14H2,1H3. The molecular formula is C13H19NOS. The van der Waals surface area contributed by atoms with Crippen LogP contribution in [0.1, 0.15) is 24.8 Å². The number of hydrogen-bond donors (Lipinski definition) is 1. The van der Waals surface area contributed by atoms with Gasteiger partial charge in [-0.15, -0.1) is 11.8 Å². The first-order valence-corrected chi connectivity index (χ1v) is 6.85. The van der Waals surface area contributed by atoms with Crippen molar-refractivity contribution in [2.75, 3.05) is 18.1 Å². The number of thioether (sulfide) groups is 1.